The van der Waals surface area contributed by atoms with E-state index >= 15 is 0 Å². The first-order chi connectivity index (χ1) is 8.48. The molecule has 2 heterocycles. The first-order valence-electron chi connectivity index (χ1n) is 7.39. The molecule has 0 aromatic carbocycles. The molecule has 3 aliphatic rings. The van der Waals surface area contributed by atoms with E-state index in [0.717, 1.165) is 45.5 Å². The van der Waals surface area contributed by atoms with E-state index in [0.29, 0.717) is 11.3 Å². The van der Waals surface area contributed by atoms with E-state index in [4.69, 9.17) is 14.2 Å². The van der Waals surface area contributed by atoms with Gasteiger partial charge in [0.1, 0.15) is 5.60 Å². The van der Waals surface area contributed by atoms with E-state index in [1.54, 1.807) is 0 Å². The van der Waals surface area contributed by atoms with Crippen LogP contribution in [0.3, 0.4) is 0 Å². The molecular formula is C15H26O3. The van der Waals surface area contributed by atoms with Gasteiger partial charge in [-0.3, -0.25) is 0 Å². The summed E-state index contributed by atoms with van der Waals surface area (Å²) in [6, 6.07) is 0. The van der Waals surface area contributed by atoms with Crippen LogP contribution in [0, 0.1) is 11.3 Å². The van der Waals surface area contributed by atoms with Gasteiger partial charge in [0.2, 0.25) is 0 Å². The monoisotopic (exact) mass is 254 g/mol. The fraction of sp³-hybridized carbons (Fsp3) is 1.00. The SMILES string of the molecule is CC(C)(C)[C@H]1CCC2(OCCO2)[C@@]2(CCCO2)C1. The van der Waals surface area contributed by atoms with Crippen LogP contribution < -0.4 is 0 Å². The van der Waals surface area contributed by atoms with Crippen molar-refractivity contribution in [1.29, 1.82) is 0 Å². The van der Waals surface area contributed by atoms with Crippen molar-refractivity contribution < 1.29 is 14.2 Å². The van der Waals surface area contributed by atoms with Gasteiger partial charge in [0.25, 0.3) is 0 Å². The van der Waals surface area contributed by atoms with Crippen molar-refractivity contribution >= 4 is 0 Å². The highest BCUT2D eigenvalue weighted by Crippen LogP contribution is 2.55. The molecule has 0 N–H and O–H groups in total. The van der Waals surface area contributed by atoms with Crippen LogP contribution in [-0.4, -0.2) is 31.2 Å². The molecule has 104 valence electrons. The lowest BCUT2D eigenvalue weighted by Crippen LogP contribution is -2.59. The largest absolute Gasteiger partial charge is 0.369 e. The van der Waals surface area contributed by atoms with Crippen LogP contribution in [0.4, 0.5) is 0 Å². The normalized spacial score (nSPS) is 39.8. The molecule has 18 heavy (non-hydrogen) atoms. The Morgan fingerprint density at radius 3 is 2.22 bits per heavy atom. The zero-order valence-electron chi connectivity index (χ0n) is 12.0. The summed E-state index contributed by atoms with van der Waals surface area (Å²) in [5.74, 6) is 0.277. The van der Waals surface area contributed by atoms with Gasteiger partial charge < -0.3 is 14.2 Å². The summed E-state index contributed by atoms with van der Waals surface area (Å²) in [7, 11) is 0. The van der Waals surface area contributed by atoms with Crippen LogP contribution in [0.1, 0.15) is 52.9 Å². The Morgan fingerprint density at radius 2 is 1.67 bits per heavy atom. The Hall–Kier alpha value is -0.120. The molecule has 2 spiro atoms. The van der Waals surface area contributed by atoms with E-state index in [2.05, 4.69) is 20.8 Å². The zero-order chi connectivity index (χ0) is 12.9. The van der Waals surface area contributed by atoms with E-state index in [1.165, 1.54) is 6.42 Å². The van der Waals surface area contributed by atoms with Crippen LogP contribution in [0.15, 0.2) is 0 Å². The third kappa shape index (κ3) is 1.83. The highest BCUT2D eigenvalue weighted by atomic mass is 16.8. The van der Waals surface area contributed by atoms with Crippen LogP contribution >= 0.6 is 0 Å². The maximum Gasteiger partial charge on any atom is 0.197 e. The molecule has 2 aliphatic heterocycles. The van der Waals surface area contributed by atoms with Gasteiger partial charge in [-0.1, -0.05) is 20.8 Å². The minimum Gasteiger partial charge on any atom is -0.369 e. The minimum absolute atomic E-state index is 0.167. The van der Waals surface area contributed by atoms with Crippen molar-refractivity contribution in [2.24, 2.45) is 11.3 Å². The second-order valence-electron chi connectivity index (χ2n) is 7.20. The molecule has 0 amide bonds. The van der Waals surface area contributed by atoms with Gasteiger partial charge >= 0.3 is 0 Å². The van der Waals surface area contributed by atoms with Gasteiger partial charge in [-0.25, -0.2) is 0 Å². The lowest BCUT2D eigenvalue weighted by atomic mass is 9.64. The van der Waals surface area contributed by atoms with Gasteiger partial charge in [-0.05, 0) is 37.0 Å². The Morgan fingerprint density at radius 1 is 0.944 bits per heavy atom. The fourth-order valence-corrected chi connectivity index (χ4v) is 4.01. The number of hydrogen-bond donors (Lipinski definition) is 0. The molecule has 2 atom stereocenters. The van der Waals surface area contributed by atoms with Crippen LogP contribution in [0.25, 0.3) is 0 Å². The number of fused-ring (bicyclic) bond motifs is 1. The molecule has 0 unspecified atom stereocenters. The Bertz CT molecular complexity index is 306. The Kier molecular flexibility index (Phi) is 3.00. The molecule has 1 saturated carbocycles. The number of hydrogen-bond acceptors (Lipinski definition) is 3. The Balaban J connectivity index is 1.87. The molecule has 3 fully saturated rings. The predicted octanol–water partition coefficient (Wildman–Crippen LogP) is 3.12. The van der Waals surface area contributed by atoms with Gasteiger partial charge in [-0.15, -0.1) is 0 Å². The zero-order valence-corrected chi connectivity index (χ0v) is 12.0. The van der Waals surface area contributed by atoms with Crippen molar-refractivity contribution in [2.75, 3.05) is 19.8 Å². The van der Waals surface area contributed by atoms with Crippen LogP contribution in [0.5, 0.6) is 0 Å². The highest BCUT2D eigenvalue weighted by molar-refractivity contribution is 5.06. The standard InChI is InChI=1S/C15H26O3/c1-13(2,3)12-5-7-15(17-9-10-18-15)14(11-12)6-4-8-16-14/h12H,4-11H2,1-3H3/t12-,14+/m0/s1. The topological polar surface area (TPSA) is 27.7 Å². The van der Waals surface area contributed by atoms with Crippen molar-refractivity contribution in [3.8, 4) is 0 Å². The molecule has 2 saturated heterocycles. The highest BCUT2D eigenvalue weighted by Gasteiger charge is 2.62. The lowest BCUT2D eigenvalue weighted by Gasteiger charge is -2.51. The van der Waals surface area contributed by atoms with Crippen LogP contribution in [0.2, 0.25) is 0 Å². The smallest absolute Gasteiger partial charge is 0.197 e. The maximum absolute atomic E-state index is 6.19. The first-order valence-corrected chi connectivity index (χ1v) is 7.39. The molecule has 1 aliphatic carbocycles. The van der Waals surface area contributed by atoms with Crippen LogP contribution in [-0.2, 0) is 14.2 Å². The first kappa shape index (κ1) is 12.9. The molecule has 0 aromatic heterocycles. The van der Waals surface area contributed by atoms with E-state index in [9.17, 15) is 0 Å². The Labute approximate surface area is 110 Å². The number of rotatable bonds is 0. The summed E-state index contributed by atoms with van der Waals surface area (Å²) in [6.07, 6.45) is 5.52. The summed E-state index contributed by atoms with van der Waals surface area (Å²) in [4.78, 5) is 0. The van der Waals surface area contributed by atoms with Crippen molar-refractivity contribution in [3.05, 3.63) is 0 Å². The summed E-state index contributed by atoms with van der Waals surface area (Å²) < 4.78 is 18.3. The number of ether oxygens (including phenoxy) is 3. The molecule has 0 bridgehead atoms. The second-order valence-corrected chi connectivity index (χ2v) is 7.20. The second kappa shape index (κ2) is 4.19. The summed E-state index contributed by atoms with van der Waals surface area (Å²) in [5, 5.41) is 0. The van der Waals surface area contributed by atoms with Crippen molar-refractivity contribution in [2.45, 2.75) is 64.3 Å². The fourth-order valence-electron chi connectivity index (χ4n) is 4.01. The summed E-state index contributed by atoms with van der Waals surface area (Å²) in [6.45, 7) is 9.35. The van der Waals surface area contributed by atoms with Crippen molar-refractivity contribution in [3.63, 3.8) is 0 Å². The van der Waals surface area contributed by atoms with E-state index < -0.39 is 5.79 Å². The van der Waals surface area contributed by atoms with E-state index in [1.807, 2.05) is 0 Å². The average Bonchev–Trinajstić information content (AvgIpc) is 2.91. The molecule has 0 radical (unpaired) electrons. The van der Waals surface area contributed by atoms with E-state index in [-0.39, 0.29) is 5.60 Å². The van der Waals surface area contributed by atoms with Crippen molar-refractivity contribution in [1.82, 2.24) is 0 Å². The third-order valence-corrected chi connectivity index (χ3v) is 5.17. The molecule has 3 heteroatoms. The minimum atomic E-state index is -0.425. The predicted molar refractivity (Wildman–Crippen MR) is 69.3 cm³/mol. The van der Waals surface area contributed by atoms with Gasteiger partial charge in [0.15, 0.2) is 5.79 Å². The summed E-state index contributed by atoms with van der Waals surface area (Å²) >= 11 is 0. The average molecular weight is 254 g/mol. The van der Waals surface area contributed by atoms with Gasteiger partial charge in [-0.2, -0.15) is 0 Å². The lowest BCUT2D eigenvalue weighted by molar-refractivity contribution is -0.297. The molecular weight excluding hydrogens is 228 g/mol. The van der Waals surface area contributed by atoms with Gasteiger partial charge in [0, 0.05) is 13.0 Å². The maximum atomic E-state index is 6.19. The molecule has 0 aromatic rings. The van der Waals surface area contributed by atoms with Gasteiger partial charge in [0.05, 0.1) is 13.2 Å². The quantitative estimate of drug-likeness (QED) is 0.664. The molecule has 3 nitrogen and oxygen atoms in total. The third-order valence-electron chi connectivity index (χ3n) is 5.17. The summed E-state index contributed by atoms with van der Waals surface area (Å²) in [5.41, 5.74) is 0.179. The molecule has 3 rings (SSSR count).